The smallest absolute Gasteiger partial charge is 0.253 e. The molecule has 0 radical (unpaired) electrons. The molecule has 0 fully saturated rings. The largest absolute Gasteiger partial charge is 0.352 e. The molecule has 5 nitrogen and oxygen atoms in total. The van der Waals surface area contributed by atoms with Crippen LogP contribution < -0.4 is 11.1 Å². The number of aromatic nitrogens is 2. The maximum Gasteiger partial charge on any atom is 0.253 e. The number of rotatable bonds is 6. The first-order chi connectivity index (χ1) is 10.5. The number of nitrogens with one attached hydrogen (secondary N) is 1. The van der Waals surface area contributed by atoms with Crippen LogP contribution in [0.4, 0.5) is 0 Å². The second kappa shape index (κ2) is 7.22. The highest BCUT2D eigenvalue weighted by Crippen LogP contribution is 2.16. The van der Waals surface area contributed by atoms with E-state index in [0.717, 1.165) is 22.6 Å². The van der Waals surface area contributed by atoms with E-state index in [1.165, 1.54) is 0 Å². The summed E-state index contributed by atoms with van der Waals surface area (Å²) in [6.07, 6.45) is 1.78. The molecule has 2 aromatic rings. The maximum absolute atomic E-state index is 12.3. The van der Waals surface area contributed by atoms with Gasteiger partial charge in [-0.1, -0.05) is 13.0 Å². The standard InChI is InChI=1S/C17H24N4O/c1-12(9-18)10-20-17(22)16-8-13(2)21(14(16)3)11-15-6-4-5-7-19-15/h4-8,12H,9-11,18H2,1-3H3,(H,20,22). The summed E-state index contributed by atoms with van der Waals surface area (Å²) in [5, 5.41) is 2.95. The van der Waals surface area contributed by atoms with Crippen LogP contribution in [0.15, 0.2) is 30.5 Å². The third-order valence-corrected chi connectivity index (χ3v) is 3.88. The summed E-state index contributed by atoms with van der Waals surface area (Å²) in [7, 11) is 0. The van der Waals surface area contributed by atoms with Crippen LogP contribution in [0.3, 0.4) is 0 Å². The van der Waals surface area contributed by atoms with Gasteiger partial charge in [0.25, 0.3) is 5.91 Å². The Hall–Kier alpha value is -2.14. The van der Waals surface area contributed by atoms with Crippen molar-refractivity contribution in [3.05, 3.63) is 53.1 Å². The molecule has 0 aliphatic carbocycles. The Bertz CT molecular complexity index is 634. The zero-order valence-electron chi connectivity index (χ0n) is 13.5. The number of nitrogens with zero attached hydrogens (tertiary/aromatic N) is 2. The molecule has 2 heterocycles. The third-order valence-electron chi connectivity index (χ3n) is 3.88. The van der Waals surface area contributed by atoms with Gasteiger partial charge in [0, 0.05) is 24.1 Å². The van der Waals surface area contributed by atoms with E-state index >= 15 is 0 Å². The molecule has 0 saturated carbocycles. The molecule has 0 aromatic carbocycles. The molecule has 1 unspecified atom stereocenters. The zero-order chi connectivity index (χ0) is 16.1. The fourth-order valence-electron chi connectivity index (χ4n) is 2.37. The molecular formula is C17H24N4O. The van der Waals surface area contributed by atoms with E-state index < -0.39 is 0 Å². The Labute approximate surface area is 131 Å². The van der Waals surface area contributed by atoms with Gasteiger partial charge in [-0.2, -0.15) is 0 Å². The minimum atomic E-state index is -0.0410. The van der Waals surface area contributed by atoms with Crippen LogP contribution in [0.1, 0.15) is 34.4 Å². The van der Waals surface area contributed by atoms with Gasteiger partial charge in [0.05, 0.1) is 17.8 Å². The summed E-state index contributed by atoms with van der Waals surface area (Å²) in [6.45, 7) is 7.83. The molecule has 3 N–H and O–H groups in total. The predicted molar refractivity (Wildman–Crippen MR) is 87.8 cm³/mol. The molecular weight excluding hydrogens is 276 g/mol. The predicted octanol–water partition coefficient (Wildman–Crippen LogP) is 1.87. The fraction of sp³-hybridized carbons (Fsp3) is 0.412. The highest BCUT2D eigenvalue weighted by atomic mass is 16.1. The van der Waals surface area contributed by atoms with E-state index in [4.69, 9.17) is 5.73 Å². The second-order valence-electron chi connectivity index (χ2n) is 5.74. The summed E-state index contributed by atoms with van der Waals surface area (Å²) in [4.78, 5) is 16.7. The quantitative estimate of drug-likeness (QED) is 0.855. The van der Waals surface area contributed by atoms with E-state index in [-0.39, 0.29) is 11.8 Å². The highest BCUT2D eigenvalue weighted by Gasteiger charge is 2.16. The van der Waals surface area contributed by atoms with E-state index in [9.17, 15) is 4.79 Å². The van der Waals surface area contributed by atoms with Crippen molar-refractivity contribution in [2.45, 2.75) is 27.3 Å². The molecule has 0 bridgehead atoms. The van der Waals surface area contributed by atoms with E-state index in [0.29, 0.717) is 19.6 Å². The van der Waals surface area contributed by atoms with Crippen LogP contribution in [0.5, 0.6) is 0 Å². The molecule has 0 aliphatic heterocycles. The van der Waals surface area contributed by atoms with Crippen LogP contribution in [0, 0.1) is 19.8 Å². The summed E-state index contributed by atoms with van der Waals surface area (Å²) in [5.41, 5.74) is 9.29. The normalized spacial score (nSPS) is 12.2. The number of carbonyl (C=O) groups is 1. The van der Waals surface area contributed by atoms with E-state index in [1.54, 1.807) is 6.20 Å². The Morgan fingerprint density at radius 1 is 1.41 bits per heavy atom. The molecule has 118 valence electrons. The molecule has 2 aromatic heterocycles. The lowest BCUT2D eigenvalue weighted by Crippen LogP contribution is -2.31. The van der Waals surface area contributed by atoms with Crippen molar-refractivity contribution in [3.8, 4) is 0 Å². The number of nitrogens with two attached hydrogens (primary N) is 1. The summed E-state index contributed by atoms with van der Waals surface area (Å²) < 4.78 is 2.11. The molecule has 0 aliphatic rings. The Morgan fingerprint density at radius 2 is 2.18 bits per heavy atom. The molecule has 0 spiro atoms. The van der Waals surface area contributed by atoms with Crippen LogP contribution in [-0.4, -0.2) is 28.5 Å². The topological polar surface area (TPSA) is 72.9 Å². The Kier molecular flexibility index (Phi) is 5.33. The fourth-order valence-corrected chi connectivity index (χ4v) is 2.37. The number of amides is 1. The number of hydrogen-bond acceptors (Lipinski definition) is 3. The van der Waals surface area contributed by atoms with Crippen LogP contribution in [0.2, 0.25) is 0 Å². The number of aryl methyl sites for hydroxylation is 1. The molecule has 1 amide bonds. The van der Waals surface area contributed by atoms with Gasteiger partial charge in [-0.25, -0.2) is 0 Å². The summed E-state index contributed by atoms with van der Waals surface area (Å²) in [6, 6.07) is 7.79. The molecule has 2 rings (SSSR count). The highest BCUT2D eigenvalue weighted by molar-refractivity contribution is 5.95. The first kappa shape index (κ1) is 16.2. The lowest BCUT2D eigenvalue weighted by atomic mass is 10.1. The SMILES string of the molecule is Cc1cc(C(=O)NCC(C)CN)c(C)n1Cc1ccccn1. The third kappa shape index (κ3) is 3.74. The van der Waals surface area contributed by atoms with Gasteiger partial charge >= 0.3 is 0 Å². The lowest BCUT2D eigenvalue weighted by molar-refractivity contribution is 0.0948. The monoisotopic (exact) mass is 300 g/mol. The van der Waals surface area contributed by atoms with Crippen LogP contribution in [-0.2, 0) is 6.54 Å². The number of carbonyl (C=O) groups excluding carboxylic acids is 1. The van der Waals surface area contributed by atoms with Crippen LogP contribution in [0.25, 0.3) is 0 Å². The summed E-state index contributed by atoms with van der Waals surface area (Å²) in [5.74, 6) is 0.238. The lowest BCUT2D eigenvalue weighted by Gasteiger charge is -2.11. The van der Waals surface area contributed by atoms with Gasteiger partial charge in [0.1, 0.15) is 0 Å². The van der Waals surface area contributed by atoms with Crippen molar-refractivity contribution in [1.29, 1.82) is 0 Å². The van der Waals surface area contributed by atoms with Crippen molar-refractivity contribution < 1.29 is 4.79 Å². The zero-order valence-corrected chi connectivity index (χ0v) is 13.5. The van der Waals surface area contributed by atoms with Gasteiger partial charge in [-0.05, 0) is 44.5 Å². The maximum atomic E-state index is 12.3. The molecule has 22 heavy (non-hydrogen) atoms. The van der Waals surface area contributed by atoms with Crippen molar-refractivity contribution in [2.75, 3.05) is 13.1 Å². The van der Waals surface area contributed by atoms with E-state index in [1.807, 2.05) is 45.0 Å². The molecule has 0 saturated heterocycles. The number of pyridine rings is 1. The van der Waals surface area contributed by atoms with Crippen LogP contribution >= 0.6 is 0 Å². The van der Waals surface area contributed by atoms with Gasteiger partial charge in [-0.3, -0.25) is 9.78 Å². The first-order valence-electron chi connectivity index (χ1n) is 7.57. The minimum absolute atomic E-state index is 0.0410. The first-order valence-corrected chi connectivity index (χ1v) is 7.57. The minimum Gasteiger partial charge on any atom is -0.352 e. The number of hydrogen-bond donors (Lipinski definition) is 2. The van der Waals surface area contributed by atoms with Crippen molar-refractivity contribution in [3.63, 3.8) is 0 Å². The van der Waals surface area contributed by atoms with Crippen molar-refractivity contribution in [1.82, 2.24) is 14.9 Å². The van der Waals surface area contributed by atoms with Gasteiger partial charge < -0.3 is 15.6 Å². The molecule has 5 heteroatoms. The van der Waals surface area contributed by atoms with Crippen molar-refractivity contribution >= 4 is 5.91 Å². The summed E-state index contributed by atoms with van der Waals surface area (Å²) >= 11 is 0. The molecule has 1 atom stereocenters. The van der Waals surface area contributed by atoms with E-state index in [2.05, 4.69) is 14.9 Å². The Morgan fingerprint density at radius 3 is 2.82 bits per heavy atom. The second-order valence-corrected chi connectivity index (χ2v) is 5.74. The van der Waals surface area contributed by atoms with Gasteiger partial charge in [0.2, 0.25) is 0 Å². The average Bonchev–Trinajstić information content (AvgIpc) is 2.81. The average molecular weight is 300 g/mol. The van der Waals surface area contributed by atoms with Crippen molar-refractivity contribution in [2.24, 2.45) is 11.7 Å². The van der Waals surface area contributed by atoms with Gasteiger partial charge in [0.15, 0.2) is 0 Å². The van der Waals surface area contributed by atoms with Gasteiger partial charge in [-0.15, -0.1) is 0 Å². The Balaban J connectivity index is 2.14.